The minimum atomic E-state index is -3.59. The quantitative estimate of drug-likeness (QED) is 0.904. The molecule has 21 heavy (non-hydrogen) atoms. The molecule has 0 radical (unpaired) electrons. The highest BCUT2D eigenvalue weighted by molar-refractivity contribution is 7.89. The zero-order valence-electron chi connectivity index (χ0n) is 11.5. The van der Waals surface area contributed by atoms with Gasteiger partial charge in [0.2, 0.25) is 10.0 Å². The van der Waals surface area contributed by atoms with Gasteiger partial charge in [-0.1, -0.05) is 6.07 Å². The highest BCUT2D eigenvalue weighted by Crippen LogP contribution is 2.16. The van der Waals surface area contributed by atoms with Gasteiger partial charge in [0.25, 0.3) is 5.91 Å². The van der Waals surface area contributed by atoms with Crippen LogP contribution in [0.15, 0.2) is 29.6 Å². The summed E-state index contributed by atoms with van der Waals surface area (Å²) in [6, 6.07) is 6.31. The number of thiazole rings is 1. The molecule has 112 valence electrons. The van der Waals surface area contributed by atoms with Crippen molar-refractivity contribution in [1.82, 2.24) is 9.71 Å². The van der Waals surface area contributed by atoms with Crippen LogP contribution >= 0.6 is 11.3 Å². The van der Waals surface area contributed by atoms with Crippen LogP contribution in [0.5, 0.6) is 5.75 Å². The zero-order valence-corrected chi connectivity index (χ0v) is 13.1. The molecular weight excluding hydrogens is 312 g/mol. The van der Waals surface area contributed by atoms with E-state index in [0.717, 1.165) is 17.0 Å². The van der Waals surface area contributed by atoms with Gasteiger partial charge in [0.15, 0.2) is 0 Å². The number of ether oxygens (including phenoxy) is 1. The Morgan fingerprint density at radius 3 is 2.81 bits per heavy atom. The molecule has 0 saturated carbocycles. The number of benzene rings is 1. The van der Waals surface area contributed by atoms with Gasteiger partial charge in [0.05, 0.1) is 17.0 Å². The molecule has 0 aliphatic heterocycles. The van der Waals surface area contributed by atoms with Crippen LogP contribution in [0.4, 0.5) is 0 Å². The Morgan fingerprint density at radius 2 is 2.19 bits per heavy atom. The molecular formula is C13H14N2O4S2. The molecule has 0 aliphatic carbocycles. The number of hydrogen-bond donors (Lipinski definition) is 1. The molecule has 1 aromatic carbocycles. The summed E-state index contributed by atoms with van der Waals surface area (Å²) in [4.78, 5) is 16.0. The third kappa shape index (κ3) is 4.83. The van der Waals surface area contributed by atoms with Crippen molar-refractivity contribution >= 4 is 27.3 Å². The number of aryl methyl sites for hydroxylation is 1. The van der Waals surface area contributed by atoms with Crippen molar-refractivity contribution in [3.8, 4) is 5.75 Å². The Bertz CT molecular complexity index is 753. The minimum Gasteiger partial charge on any atom is -0.487 e. The average molecular weight is 326 g/mol. The summed E-state index contributed by atoms with van der Waals surface area (Å²) >= 11 is 1.53. The fourth-order valence-electron chi connectivity index (χ4n) is 1.59. The first-order valence-corrected chi connectivity index (χ1v) is 8.76. The smallest absolute Gasteiger partial charge is 0.264 e. The lowest BCUT2D eigenvalue weighted by molar-refractivity contribution is 0.0981. The van der Waals surface area contributed by atoms with Gasteiger partial charge in [-0.05, 0) is 25.1 Å². The van der Waals surface area contributed by atoms with Crippen molar-refractivity contribution < 1.29 is 17.9 Å². The molecule has 0 saturated heterocycles. The fourth-order valence-corrected chi connectivity index (χ4v) is 2.64. The summed E-state index contributed by atoms with van der Waals surface area (Å²) in [6.07, 6.45) is 0.926. The van der Waals surface area contributed by atoms with E-state index in [4.69, 9.17) is 4.74 Å². The highest BCUT2D eigenvalue weighted by atomic mass is 32.2. The van der Waals surface area contributed by atoms with E-state index < -0.39 is 15.9 Å². The number of carbonyl (C=O) groups is 1. The van der Waals surface area contributed by atoms with Crippen LogP contribution in [0, 0.1) is 6.92 Å². The molecule has 0 unspecified atom stereocenters. The van der Waals surface area contributed by atoms with Crippen molar-refractivity contribution in [2.75, 3.05) is 6.26 Å². The van der Waals surface area contributed by atoms with E-state index in [1.54, 1.807) is 12.1 Å². The van der Waals surface area contributed by atoms with Crippen molar-refractivity contribution in [3.05, 3.63) is 45.9 Å². The molecule has 2 aromatic rings. The molecule has 6 nitrogen and oxygen atoms in total. The minimum absolute atomic E-state index is 0.215. The lowest BCUT2D eigenvalue weighted by Crippen LogP contribution is -2.29. The fraction of sp³-hybridized carbons (Fsp3) is 0.231. The Hall–Kier alpha value is -1.93. The van der Waals surface area contributed by atoms with Gasteiger partial charge in [-0.2, -0.15) is 0 Å². The molecule has 0 bridgehead atoms. The monoisotopic (exact) mass is 326 g/mol. The highest BCUT2D eigenvalue weighted by Gasteiger charge is 2.11. The number of hydrogen-bond acceptors (Lipinski definition) is 6. The molecule has 0 spiro atoms. The first kappa shape index (κ1) is 15.5. The van der Waals surface area contributed by atoms with Gasteiger partial charge >= 0.3 is 0 Å². The van der Waals surface area contributed by atoms with Crippen molar-refractivity contribution in [1.29, 1.82) is 0 Å². The van der Waals surface area contributed by atoms with Crippen molar-refractivity contribution in [2.24, 2.45) is 0 Å². The van der Waals surface area contributed by atoms with Gasteiger partial charge in [0, 0.05) is 10.9 Å². The van der Waals surface area contributed by atoms with E-state index in [0.29, 0.717) is 12.4 Å². The standard InChI is InChI=1S/C13H14N2O4S2/c1-9-14-11(8-20-9)7-19-12-5-3-4-10(6-12)13(16)15-21(2,17)18/h3-6,8H,7H2,1-2H3,(H,15,16). The lowest BCUT2D eigenvalue weighted by Gasteiger charge is -2.07. The second-order valence-corrected chi connectivity index (χ2v) is 7.19. The second kappa shape index (κ2) is 6.23. The summed E-state index contributed by atoms with van der Waals surface area (Å²) in [5, 5.41) is 2.85. The summed E-state index contributed by atoms with van der Waals surface area (Å²) in [5.74, 6) is -0.214. The van der Waals surface area contributed by atoms with Crippen LogP contribution in [-0.2, 0) is 16.6 Å². The Balaban J connectivity index is 2.05. The number of sulfonamides is 1. The van der Waals surface area contributed by atoms with Gasteiger partial charge in [-0.15, -0.1) is 11.3 Å². The Labute approximate surface area is 126 Å². The van der Waals surface area contributed by atoms with E-state index in [9.17, 15) is 13.2 Å². The Morgan fingerprint density at radius 1 is 1.43 bits per heavy atom. The number of nitrogens with one attached hydrogen (secondary N) is 1. The average Bonchev–Trinajstić information content (AvgIpc) is 2.81. The molecule has 1 amide bonds. The van der Waals surface area contributed by atoms with Crippen molar-refractivity contribution in [2.45, 2.75) is 13.5 Å². The molecule has 2 rings (SSSR count). The normalized spacial score (nSPS) is 11.1. The molecule has 1 heterocycles. The van der Waals surface area contributed by atoms with Gasteiger partial charge in [0.1, 0.15) is 12.4 Å². The summed E-state index contributed by atoms with van der Waals surface area (Å²) in [7, 11) is -3.59. The summed E-state index contributed by atoms with van der Waals surface area (Å²) in [5.41, 5.74) is 1.02. The van der Waals surface area contributed by atoms with E-state index >= 15 is 0 Å². The maximum atomic E-state index is 11.7. The van der Waals surface area contributed by atoms with Gasteiger partial charge in [-0.3, -0.25) is 4.79 Å². The number of aromatic nitrogens is 1. The predicted octanol–water partition coefficient (Wildman–Crippen LogP) is 1.72. The largest absolute Gasteiger partial charge is 0.487 e. The van der Waals surface area contributed by atoms with Crippen LogP contribution in [0.2, 0.25) is 0 Å². The topological polar surface area (TPSA) is 85.4 Å². The Kier molecular flexibility index (Phi) is 4.59. The third-order valence-corrected chi connectivity index (χ3v) is 3.81. The maximum Gasteiger partial charge on any atom is 0.264 e. The van der Waals surface area contributed by atoms with Crippen LogP contribution in [-0.4, -0.2) is 25.6 Å². The van der Waals surface area contributed by atoms with Crippen LogP contribution in [0.3, 0.4) is 0 Å². The molecule has 8 heteroatoms. The molecule has 1 aromatic heterocycles. The lowest BCUT2D eigenvalue weighted by atomic mass is 10.2. The summed E-state index contributed by atoms with van der Waals surface area (Å²) < 4.78 is 29.5. The van der Waals surface area contributed by atoms with Crippen LogP contribution < -0.4 is 9.46 Å². The van der Waals surface area contributed by atoms with Crippen molar-refractivity contribution in [3.63, 3.8) is 0 Å². The third-order valence-electron chi connectivity index (χ3n) is 2.43. The molecule has 1 N–H and O–H groups in total. The van der Waals surface area contributed by atoms with E-state index in [1.165, 1.54) is 23.5 Å². The van der Waals surface area contributed by atoms with Gasteiger partial charge < -0.3 is 4.74 Å². The number of nitrogens with zero attached hydrogens (tertiary/aromatic N) is 1. The number of amides is 1. The SMILES string of the molecule is Cc1nc(COc2cccc(C(=O)NS(C)(=O)=O)c2)cs1. The van der Waals surface area contributed by atoms with E-state index in [1.807, 2.05) is 17.0 Å². The van der Waals surface area contributed by atoms with E-state index in [2.05, 4.69) is 4.98 Å². The maximum absolute atomic E-state index is 11.7. The second-order valence-electron chi connectivity index (χ2n) is 4.38. The van der Waals surface area contributed by atoms with Gasteiger partial charge in [-0.25, -0.2) is 18.1 Å². The molecule has 0 aliphatic rings. The molecule has 0 fully saturated rings. The number of rotatable bonds is 5. The van der Waals surface area contributed by atoms with E-state index in [-0.39, 0.29) is 5.56 Å². The van der Waals surface area contributed by atoms with Crippen LogP contribution in [0.25, 0.3) is 0 Å². The zero-order chi connectivity index (χ0) is 15.5. The molecule has 0 atom stereocenters. The first-order valence-electron chi connectivity index (χ1n) is 5.99. The first-order chi connectivity index (χ1) is 9.83. The number of carbonyl (C=O) groups excluding carboxylic acids is 1. The van der Waals surface area contributed by atoms with Crippen LogP contribution in [0.1, 0.15) is 21.1 Å². The predicted molar refractivity (Wildman–Crippen MR) is 79.9 cm³/mol. The summed E-state index contributed by atoms with van der Waals surface area (Å²) in [6.45, 7) is 2.20.